The summed E-state index contributed by atoms with van der Waals surface area (Å²) in [4.78, 5) is 26.3. The Morgan fingerprint density at radius 1 is 0.929 bits per heavy atom. The minimum absolute atomic E-state index is 0.0530. The van der Waals surface area contributed by atoms with Gasteiger partial charge < -0.3 is 19.7 Å². The van der Waals surface area contributed by atoms with Crippen LogP contribution < -0.4 is 14.8 Å². The number of amides is 2. The minimum atomic E-state index is -0.293. The van der Waals surface area contributed by atoms with Gasteiger partial charge in [-0.3, -0.25) is 9.59 Å². The maximum absolute atomic E-state index is 12.4. The highest BCUT2D eigenvalue weighted by Crippen LogP contribution is 2.18. The number of anilines is 1. The molecule has 0 spiro atoms. The Morgan fingerprint density at radius 2 is 1.57 bits per heavy atom. The van der Waals surface area contributed by atoms with E-state index in [-0.39, 0.29) is 18.4 Å². The average Bonchev–Trinajstić information content (AvgIpc) is 2.72. The summed E-state index contributed by atoms with van der Waals surface area (Å²) < 4.78 is 11.0. The van der Waals surface area contributed by atoms with Gasteiger partial charge in [0.15, 0.2) is 6.61 Å². The molecule has 0 saturated heterocycles. The molecule has 0 aromatic heterocycles. The second-order valence-electron chi connectivity index (χ2n) is 6.21. The molecule has 0 fully saturated rings. The number of carbonyl (C=O) groups is 2. The van der Waals surface area contributed by atoms with Crippen LogP contribution in [0.4, 0.5) is 5.69 Å². The van der Waals surface area contributed by atoms with Crippen LogP contribution >= 0.6 is 0 Å². The third-order valence-electron chi connectivity index (χ3n) is 4.11. The lowest BCUT2D eigenvalue weighted by Crippen LogP contribution is -2.30. The first-order valence-corrected chi connectivity index (χ1v) is 9.62. The fourth-order valence-electron chi connectivity index (χ4n) is 2.62. The molecule has 150 valence electrons. The van der Waals surface area contributed by atoms with Gasteiger partial charge in [-0.25, -0.2) is 0 Å². The highest BCUT2D eigenvalue weighted by Gasteiger charge is 2.13. The lowest BCUT2D eigenvalue weighted by Gasteiger charge is -2.19. The van der Waals surface area contributed by atoms with E-state index in [1.54, 1.807) is 41.3 Å². The van der Waals surface area contributed by atoms with E-state index in [0.29, 0.717) is 36.7 Å². The predicted molar refractivity (Wildman–Crippen MR) is 110 cm³/mol. The van der Waals surface area contributed by atoms with Crippen molar-refractivity contribution in [3.63, 3.8) is 0 Å². The maximum Gasteiger partial charge on any atom is 0.262 e. The quantitative estimate of drug-likeness (QED) is 0.673. The molecular formula is C22H28N2O4. The molecule has 0 bridgehead atoms. The number of nitrogens with zero attached hydrogens (tertiary/aromatic N) is 1. The molecule has 0 unspecified atom stereocenters. The van der Waals surface area contributed by atoms with Gasteiger partial charge in [-0.05, 0) is 62.7 Å². The van der Waals surface area contributed by atoms with Crippen molar-refractivity contribution in [3.8, 4) is 11.5 Å². The lowest BCUT2D eigenvalue weighted by atomic mass is 10.1. The van der Waals surface area contributed by atoms with Gasteiger partial charge >= 0.3 is 0 Å². The van der Waals surface area contributed by atoms with Crippen LogP contribution in [0, 0.1) is 0 Å². The Bertz CT molecular complexity index is 770. The Balaban J connectivity index is 1.89. The number of hydrogen-bond acceptors (Lipinski definition) is 4. The van der Waals surface area contributed by atoms with Gasteiger partial charge in [0.25, 0.3) is 11.8 Å². The Hall–Kier alpha value is -3.02. The molecule has 0 aliphatic rings. The summed E-state index contributed by atoms with van der Waals surface area (Å²) in [6, 6.07) is 14.1. The second-order valence-corrected chi connectivity index (χ2v) is 6.21. The van der Waals surface area contributed by atoms with Crippen molar-refractivity contribution in [3.05, 3.63) is 54.1 Å². The van der Waals surface area contributed by atoms with E-state index in [9.17, 15) is 9.59 Å². The topological polar surface area (TPSA) is 67.9 Å². The van der Waals surface area contributed by atoms with Gasteiger partial charge in [0.2, 0.25) is 0 Å². The largest absolute Gasteiger partial charge is 0.494 e. The molecule has 0 radical (unpaired) electrons. The Morgan fingerprint density at radius 3 is 2.18 bits per heavy atom. The van der Waals surface area contributed by atoms with Crippen LogP contribution in [0.3, 0.4) is 0 Å². The van der Waals surface area contributed by atoms with Crippen LogP contribution in [-0.4, -0.2) is 43.0 Å². The van der Waals surface area contributed by atoms with Crippen molar-refractivity contribution in [2.24, 2.45) is 0 Å². The molecule has 2 aromatic carbocycles. The number of ether oxygens (including phenoxy) is 2. The Labute approximate surface area is 166 Å². The molecule has 0 heterocycles. The monoisotopic (exact) mass is 384 g/mol. The van der Waals surface area contributed by atoms with Crippen molar-refractivity contribution in [2.75, 3.05) is 31.6 Å². The number of benzene rings is 2. The first-order valence-electron chi connectivity index (χ1n) is 9.62. The molecule has 28 heavy (non-hydrogen) atoms. The molecule has 0 aliphatic heterocycles. The van der Waals surface area contributed by atoms with E-state index >= 15 is 0 Å². The summed E-state index contributed by atoms with van der Waals surface area (Å²) >= 11 is 0. The molecule has 0 aliphatic carbocycles. The Kier molecular flexibility index (Phi) is 8.34. The molecule has 2 amide bonds. The summed E-state index contributed by atoms with van der Waals surface area (Å²) in [5.74, 6) is 1.01. The van der Waals surface area contributed by atoms with Crippen LogP contribution in [0.25, 0.3) is 0 Å². The van der Waals surface area contributed by atoms with Gasteiger partial charge in [-0.15, -0.1) is 0 Å². The highest BCUT2D eigenvalue weighted by atomic mass is 16.5. The summed E-state index contributed by atoms with van der Waals surface area (Å²) in [6.07, 6.45) is 0.945. The van der Waals surface area contributed by atoms with Crippen LogP contribution in [0.2, 0.25) is 0 Å². The first-order chi connectivity index (χ1) is 13.6. The SMILES string of the molecule is CCCOc1ccc(OCC(=O)Nc2cccc(C(=O)N(CC)CC)c2)cc1. The number of hydrogen-bond donors (Lipinski definition) is 1. The van der Waals surface area contributed by atoms with Crippen LogP contribution in [0.1, 0.15) is 37.6 Å². The van der Waals surface area contributed by atoms with Crippen molar-refractivity contribution in [1.82, 2.24) is 4.90 Å². The van der Waals surface area contributed by atoms with E-state index in [4.69, 9.17) is 9.47 Å². The van der Waals surface area contributed by atoms with Crippen LogP contribution in [0.5, 0.6) is 11.5 Å². The van der Waals surface area contributed by atoms with E-state index in [1.165, 1.54) is 0 Å². The summed E-state index contributed by atoms with van der Waals surface area (Å²) in [6.45, 7) is 7.75. The minimum Gasteiger partial charge on any atom is -0.494 e. The van der Waals surface area contributed by atoms with Crippen molar-refractivity contribution >= 4 is 17.5 Å². The molecule has 1 N–H and O–H groups in total. The zero-order valence-corrected chi connectivity index (χ0v) is 16.7. The molecule has 0 saturated carbocycles. The van der Waals surface area contributed by atoms with Crippen LogP contribution in [-0.2, 0) is 4.79 Å². The van der Waals surface area contributed by atoms with Crippen LogP contribution in [0.15, 0.2) is 48.5 Å². The second kappa shape index (κ2) is 11.0. The summed E-state index contributed by atoms with van der Waals surface area (Å²) in [5.41, 5.74) is 1.11. The fraction of sp³-hybridized carbons (Fsp3) is 0.364. The summed E-state index contributed by atoms with van der Waals surface area (Å²) in [7, 11) is 0. The zero-order valence-electron chi connectivity index (χ0n) is 16.7. The van der Waals surface area contributed by atoms with Gasteiger partial charge in [-0.2, -0.15) is 0 Å². The molecular weight excluding hydrogens is 356 g/mol. The standard InChI is InChI=1S/C22H28N2O4/c1-4-14-27-19-10-12-20(13-11-19)28-16-21(25)23-18-9-7-8-17(15-18)22(26)24(5-2)6-3/h7-13,15H,4-6,14,16H2,1-3H3,(H,23,25). The van der Waals surface area contributed by atoms with Gasteiger partial charge in [0.1, 0.15) is 11.5 Å². The normalized spacial score (nSPS) is 10.2. The average molecular weight is 384 g/mol. The first kappa shape index (κ1) is 21.3. The third-order valence-corrected chi connectivity index (χ3v) is 4.11. The van der Waals surface area contributed by atoms with E-state index in [0.717, 1.165) is 12.2 Å². The smallest absolute Gasteiger partial charge is 0.262 e. The molecule has 0 atom stereocenters. The predicted octanol–water partition coefficient (Wildman–Crippen LogP) is 3.97. The van der Waals surface area contributed by atoms with Gasteiger partial charge in [0, 0.05) is 24.3 Å². The number of rotatable bonds is 10. The lowest BCUT2D eigenvalue weighted by molar-refractivity contribution is -0.118. The number of carbonyl (C=O) groups excluding carboxylic acids is 2. The zero-order chi connectivity index (χ0) is 20.4. The molecule has 2 rings (SSSR count). The van der Waals surface area contributed by atoms with E-state index in [2.05, 4.69) is 5.32 Å². The molecule has 6 nitrogen and oxygen atoms in total. The van der Waals surface area contributed by atoms with Gasteiger partial charge in [-0.1, -0.05) is 13.0 Å². The van der Waals surface area contributed by atoms with E-state index < -0.39 is 0 Å². The fourth-order valence-corrected chi connectivity index (χ4v) is 2.62. The molecule has 6 heteroatoms. The molecule has 2 aromatic rings. The maximum atomic E-state index is 12.4. The van der Waals surface area contributed by atoms with Gasteiger partial charge in [0.05, 0.1) is 6.61 Å². The van der Waals surface area contributed by atoms with E-state index in [1.807, 2.05) is 32.9 Å². The van der Waals surface area contributed by atoms with Crippen molar-refractivity contribution in [1.29, 1.82) is 0 Å². The third kappa shape index (κ3) is 6.30. The van der Waals surface area contributed by atoms with Crippen molar-refractivity contribution < 1.29 is 19.1 Å². The van der Waals surface area contributed by atoms with Crippen molar-refractivity contribution in [2.45, 2.75) is 27.2 Å². The summed E-state index contributed by atoms with van der Waals surface area (Å²) in [5, 5.41) is 2.76. The highest BCUT2D eigenvalue weighted by molar-refractivity contribution is 5.97. The number of nitrogens with one attached hydrogen (secondary N) is 1.